The summed E-state index contributed by atoms with van der Waals surface area (Å²) in [6.07, 6.45) is 0. The van der Waals surface area contributed by atoms with E-state index in [1.165, 1.54) is 25.2 Å². The summed E-state index contributed by atoms with van der Waals surface area (Å²) in [6, 6.07) is 14.8. The molecule has 2 N–H and O–H groups in total. The van der Waals surface area contributed by atoms with Crippen molar-refractivity contribution in [1.82, 2.24) is 5.32 Å². The number of anilines is 2. The van der Waals surface area contributed by atoms with Gasteiger partial charge in [0.15, 0.2) is 18.2 Å². The summed E-state index contributed by atoms with van der Waals surface area (Å²) in [7, 11) is 1.39. The van der Waals surface area contributed by atoms with E-state index in [-0.39, 0.29) is 44.5 Å². The number of benzene rings is 3. The van der Waals surface area contributed by atoms with Crippen molar-refractivity contribution < 1.29 is 19.1 Å². The number of aryl methyl sites for hydroxylation is 2. The third kappa shape index (κ3) is 6.39. The number of ether oxygens (including phenoxy) is 1. The Hall–Kier alpha value is -3.92. The zero-order valence-corrected chi connectivity index (χ0v) is 23.3. The van der Waals surface area contributed by atoms with Crippen molar-refractivity contribution in [3.05, 3.63) is 86.4 Å². The third-order valence-electron chi connectivity index (χ3n) is 5.57. The first-order chi connectivity index (χ1) is 18.6. The minimum atomic E-state index is -0.635. The fourth-order valence-corrected chi connectivity index (χ4v) is 4.77. The molecule has 200 valence electrons. The highest BCUT2D eigenvalue weighted by Gasteiger charge is 2.36. The zero-order valence-electron chi connectivity index (χ0n) is 21.0. The Balaban J connectivity index is 1.46. The molecule has 4 rings (SSSR count). The Morgan fingerprint density at radius 1 is 1.00 bits per heavy atom. The van der Waals surface area contributed by atoms with Crippen LogP contribution in [0, 0.1) is 13.8 Å². The minimum Gasteiger partial charge on any atom is -0.483 e. The maximum absolute atomic E-state index is 13.0. The van der Waals surface area contributed by atoms with Crippen LogP contribution >= 0.6 is 34.8 Å². The second-order valence-electron chi connectivity index (χ2n) is 8.50. The van der Waals surface area contributed by atoms with Crippen LogP contribution in [0.2, 0.25) is 15.1 Å². The number of hydrazone groups is 1. The van der Waals surface area contributed by atoms with E-state index in [1.807, 2.05) is 32.0 Å². The molecule has 3 aromatic carbocycles. The van der Waals surface area contributed by atoms with Gasteiger partial charge in [0.25, 0.3) is 11.8 Å². The molecule has 1 aliphatic rings. The summed E-state index contributed by atoms with van der Waals surface area (Å²) < 4.78 is 5.61. The van der Waals surface area contributed by atoms with Crippen molar-refractivity contribution in [2.75, 3.05) is 24.0 Å². The van der Waals surface area contributed by atoms with Crippen molar-refractivity contribution in [3.63, 3.8) is 0 Å². The number of aliphatic imine (C=N–C) groups is 1. The van der Waals surface area contributed by atoms with Crippen LogP contribution < -0.4 is 20.4 Å². The number of carbonyl (C=O) groups is 3. The lowest BCUT2D eigenvalue weighted by Crippen LogP contribution is -2.37. The van der Waals surface area contributed by atoms with Gasteiger partial charge in [-0.15, -0.1) is 5.10 Å². The molecule has 0 saturated heterocycles. The average molecular weight is 587 g/mol. The molecule has 9 nitrogen and oxygen atoms in total. The van der Waals surface area contributed by atoms with Crippen LogP contribution in [0.5, 0.6) is 5.75 Å². The van der Waals surface area contributed by atoms with E-state index in [9.17, 15) is 14.4 Å². The van der Waals surface area contributed by atoms with Crippen LogP contribution in [0.3, 0.4) is 0 Å². The third-order valence-corrected chi connectivity index (χ3v) is 6.36. The average Bonchev–Trinajstić information content (AvgIpc) is 3.17. The molecule has 1 aliphatic heterocycles. The van der Waals surface area contributed by atoms with E-state index in [2.05, 4.69) is 20.7 Å². The van der Waals surface area contributed by atoms with Crippen molar-refractivity contribution >= 4 is 75.4 Å². The number of nitrogens with one attached hydrogen (secondary N) is 2. The first-order valence-corrected chi connectivity index (χ1v) is 12.7. The molecule has 0 fully saturated rings. The zero-order chi connectivity index (χ0) is 28.3. The molecule has 12 heteroatoms. The first-order valence-electron chi connectivity index (χ1n) is 11.5. The molecule has 0 spiro atoms. The second-order valence-corrected chi connectivity index (χ2v) is 9.75. The molecule has 0 aromatic heterocycles. The molecule has 0 saturated carbocycles. The van der Waals surface area contributed by atoms with Crippen LogP contribution in [0.4, 0.5) is 11.4 Å². The van der Waals surface area contributed by atoms with Gasteiger partial charge in [-0.2, -0.15) is 5.01 Å². The van der Waals surface area contributed by atoms with Gasteiger partial charge in [-0.05, 0) is 55.8 Å². The number of amidine groups is 1. The van der Waals surface area contributed by atoms with Crippen molar-refractivity contribution in [2.45, 2.75) is 13.8 Å². The molecule has 3 aromatic rings. The van der Waals surface area contributed by atoms with Crippen LogP contribution in [-0.2, 0) is 9.59 Å². The van der Waals surface area contributed by atoms with Crippen molar-refractivity contribution in [2.24, 2.45) is 10.1 Å². The van der Waals surface area contributed by atoms with Gasteiger partial charge in [-0.1, -0.05) is 58.6 Å². The summed E-state index contributed by atoms with van der Waals surface area (Å²) in [5.41, 5.74) is 2.60. The van der Waals surface area contributed by atoms with Crippen molar-refractivity contribution in [1.29, 1.82) is 0 Å². The number of halogens is 3. The molecule has 0 unspecified atom stereocenters. The van der Waals surface area contributed by atoms with E-state index in [0.29, 0.717) is 11.4 Å². The summed E-state index contributed by atoms with van der Waals surface area (Å²) in [5, 5.41) is 10.9. The molecule has 0 aliphatic carbocycles. The van der Waals surface area contributed by atoms with Crippen LogP contribution in [-0.4, -0.2) is 42.9 Å². The highest BCUT2D eigenvalue weighted by atomic mass is 35.5. The maximum atomic E-state index is 13.0. The number of rotatable bonds is 6. The fraction of sp³-hybridized carbons (Fsp3) is 0.148. The summed E-state index contributed by atoms with van der Waals surface area (Å²) in [5.74, 6) is -1.10. The lowest BCUT2D eigenvalue weighted by Gasteiger charge is -2.14. The van der Waals surface area contributed by atoms with Gasteiger partial charge in [0, 0.05) is 23.3 Å². The Morgan fingerprint density at radius 2 is 1.72 bits per heavy atom. The van der Waals surface area contributed by atoms with Crippen LogP contribution in [0.25, 0.3) is 0 Å². The van der Waals surface area contributed by atoms with Gasteiger partial charge in [0.1, 0.15) is 11.4 Å². The van der Waals surface area contributed by atoms with Gasteiger partial charge < -0.3 is 15.4 Å². The predicted octanol–water partition coefficient (Wildman–Crippen LogP) is 5.44. The Bertz CT molecular complexity index is 1530. The Morgan fingerprint density at radius 3 is 2.38 bits per heavy atom. The minimum absolute atomic E-state index is 0.0918. The van der Waals surface area contributed by atoms with Gasteiger partial charge in [0.2, 0.25) is 0 Å². The number of hydrogen-bond donors (Lipinski definition) is 2. The quantitative estimate of drug-likeness (QED) is 0.400. The smallest absolute Gasteiger partial charge is 0.300 e. The molecular formula is C27H22Cl3N5O4. The van der Waals surface area contributed by atoms with E-state index < -0.39 is 17.7 Å². The summed E-state index contributed by atoms with van der Waals surface area (Å²) >= 11 is 18.5. The fourth-order valence-electron chi connectivity index (χ4n) is 3.79. The molecule has 39 heavy (non-hydrogen) atoms. The Kier molecular flexibility index (Phi) is 8.54. The monoisotopic (exact) mass is 585 g/mol. The van der Waals surface area contributed by atoms with Gasteiger partial charge in [-0.25, -0.2) is 0 Å². The van der Waals surface area contributed by atoms with Gasteiger partial charge in [-0.3, -0.25) is 19.4 Å². The predicted molar refractivity (Wildman–Crippen MR) is 154 cm³/mol. The van der Waals surface area contributed by atoms with Crippen LogP contribution in [0.15, 0.2) is 64.7 Å². The standard InChI is InChI=1S/C27H22Cl3N5O4/c1-14-7-8-21(15(2)9-14)39-13-22(36)32-18-6-4-5-16(10-18)26(37)33-25-23(31-3)27(38)35(34-25)24-19(29)11-17(28)12-20(24)30/h4-12H,13H2,1-3H3,(H,32,36)(H,33,34,37). The first kappa shape index (κ1) is 28.1. The molecular weight excluding hydrogens is 565 g/mol. The maximum Gasteiger partial charge on any atom is 0.300 e. The van der Waals surface area contributed by atoms with E-state index in [1.54, 1.807) is 18.2 Å². The number of carbonyl (C=O) groups excluding carboxylic acids is 3. The van der Waals surface area contributed by atoms with E-state index in [0.717, 1.165) is 16.1 Å². The van der Waals surface area contributed by atoms with E-state index >= 15 is 0 Å². The number of amides is 3. The Labute approximate surface area is 239 Å². The lowest BCUT2D eigenvalue weighted by molar-refractivity contribution is -0.118. The van der Waals surface area contributed by atoms with Gasteiger partial charge >= 0.3 is 5.91 Å². The van der Waals surface area contributed by atoms with E-state index in [4.69, 9.17) is 39.5 Å². The van der Waals surface area contributed by atoms with Crippen molar-refractivity contribution in [3.8, 4) is 5.75 Å². The second kappa shape index (κ2) is 11.9. The number of nitrogens with zero attached hydrogens (tertiary/aromatic N) is 3. The highest BCUT2D eigenvalue weighted by molar-refractivity contribution is 6.72. The highest BCUT2D eigenvalue weighted by Crippen LogP contribution is 2.38. The van der Waals surface area contributed by atoms with Crippen LogP contribution in [0.1, 0.15) is 21.5 Å². The normalized spacial score (nSPS) is 13.9. The molecule has 0 atom stereocenters. The molecule has 0 radical (unpaired) electrons. The summed E-state index contributed by atoms with van der Waals surface area (Å²) in [4.78, 5) is 42.4. The number of hydrogen-bond acceptors (Lipinski definition) is 6. The molecule has 0 bridgehead atoms. The topological polar surface area (TPSA) is 112 Å². The molecule has 3 amide bonds. The molecule has 1 heterocycles. The largest absolute Gasteiger partial charge is 0.483 e. The summed E-state index contributed by atoms with van der Waals surface area (Å²) in [6.45, 7) is 3.67. The SMILES string of the molecule is CN=C1C(=O)N(c2c(Cl)cc(Cl)cc2Cl)N=C1NC(=O)c1cccc(NC(=O)COc2ccc(C)cc2C)c1. The van der Waals surface area contributed by atoms with Gasteiger partial charge in [0.05, 0.1) is 10.0 Å². The lowest BCUT2D eigenvalue weighted by atomic mass is 10.1.